The molecule has 2 N–H and O–H groups in total. The molecular formula is C39H45F2N5O4S. The van der Waals surface area contributed by atoms with Crippen molar-refractivity contribution in [1.82, 2.24) is 24.7 Å². The van der Waals surface area contributed by atoms with Gasteiger partial charge in [-0.1, -0.05) is 44.5 Å². The summed E-state index contributed by atoms with van der Waals surface area (Å²) in [4.78, 5) is 24.4. The predicted molar refractivity (Wildman–Crippen MR) is 193 cm³/mol. The number of hydrogen-bond donors (Lipinski definition) is 2. The van der Waals surface area contributed by atoms with E-state index in [1.165, 1.54) is 6.20 Å². The Morgan fingerprint density at radius 1 is 1.06 bits per heavy atom. The van der Waals surface area contributed by atoms with E-state index in [0.717, 1.165) is 11.1 Å². The van der Waals surface area contributed by atoms with Crippen LogP contribution in [0.2, 0.25) is 0 Å². The molecule has 270 valence electrons. The van der Waals surface area contributed by atoms with E-state index in [9.17, 15) is 18.3 Å². The Morgan fingerprint density at radius 2 is 1.82 bits per heavy atom. The van der Waals surface area contributed by atoms with Gasteiger partial charge in [-0.25, -0.2) is 26.9 Å². The topological polar surface area (TPSA) is 131 Å². The summed E-state index contributed by atoms with van der Waals surface area (Å²) in [5.41, 5.74) is 1.28. The van der Waals surface area contributed by atoms with Crippen LogP contribution in [0.5, 0.6) is 0 Å². The van der Waals surface area contributed by atoms with Gasteiger partial charge in [0.1, 0.15) is 5.69 Å². The van der Waals surface area contributed by atoms with Crippen molar-refractivity contribution in [3.8, 4) is 11.5 Å². The summed E-state index contributed by atoms with van der Waals surface area (Å²) < 4.78 is 60.2. The van der Waals surface area contributed by atoms with E-state index >= 15 is 8.78 Å². The molecule has 1 aliphatic heterocycles. The third-order valence-corrected chi connectivity index (χ3v) is 12.4. The van der Waals surface area contributed by atoms with Gasteiger partial charge in [0.05, 0.1) is 27.9 Å². The third kappa shape index (κ3) is 7.33. The first-order valence-corrected chi connectivity index (χ1v) is 19.1. The molecule has 1 aliphatic rings. The average molecular weight is 718 g/mol. The molecule has 4 bridgehead atoms. The first-order valence-electron chi connectivity index (χ1n) is 17.2. The molecule has 0 radical (unpaired) electrons. The number of aliphatic carboxylic acids is 1. The summed E-state index contributed by atoms with van der Waals surface area (Å²) in [5.74, 6) is -2.11. The Hall–Kier alpha value is -4.45. The van der Waals surface area contributed by atoms with Crippen molar-refractivity contribution < 1.29 is 27.1 Å². The highest BCUT2D eigenvalue weighted by Crippen LogP contribution is 2.40. The Bertz CT molecular complexity index is 2240. The van der Waals surface area contributed by atoms with Gasteiger partial charge >= 0.3 is 5.97 Å². The number of aromatic nitrogens is 5. The van der Waals surface area contributed by atoms with Gasteiger partial charge in [-0.15, -0.1) is 0 Å². The number of pyridine rings is 1. The summed E-state index contributed by atoms with van der Waals surface area (Å²) in [5, 5.41) is 15.2. The molecule has 5 aromatic rings. The van der Waals surface area contributed by atoms with Crippen LogP contribution in [0, 0.1) is 22.5 Å². The molecule has 3 aromatic heterocycles. The molecule has 0 aliphatic carbocycles. The zero-order chi connectivity index (χ0) is 36.9. The summed E-state index contributed by atoms with van der Waals surface area (Å²) in [6.45, 7) is 9.35. The van der Waals surface area contributed by atoms with Crippen molar-refractivity contribution in [2.24, 2.45) is 17.9 Å². The van der Waals surface area contributed by atoms with Gasteiger partial charge in [0.15, 0.2) is 33.1 Å². The van der Waals surface area contributed by atoms with Crippen LogP contribution < -0.4 is 0 Å². The van der Waals surface area contributed by atoms with Gasteiger partial charge in [-0.05, 0) is 97.9 Å². The summed E-state index contributed by atoms with van der Waals surface area (Å²) >= 11 is 0. The van der Waals surface area contributed by atoms with E-state index < -0.39 is 43.7 Å². The van der Waals surface area contributed by atoms with E-state index in [0.29, 0.717) is 59.5 Å². The van der Waals surface area contributed by atoms with Crippen LogP contribution in [-0.4, -0.2) is 55.7 Å². The van der Waals surface area contributed by atoms with Crippen molar-refractivity contribution in [3.63, 3.8) is 0 Å². The summed E-state index contributed by atoms with van der Waals surface area (Å²) in [6, 6.07) is 13.0. The molecule has 0 amide bonds. The van der Waals surface area contributed by atoms with Crippen LogP contribution in [0.15, 0.2) is 54.9 Å². The first kappa shape index (κ1) is 36.3. The van der Waals surface area contributed by atoms with E-state index in [1.807, 2.05) is 38.1 Å². The number of rotatable bonds is 4. The molecule has 0 unspecified atom stereocenters. The van der Waals surface area contributed by atoms with Crippen LogP contribution in [0.3, 0.4) is 0 Å². The number of carboxylic acids is 1. The number of aryl methyl sites for hydroxylation is 2. The quantitative estimate of drug-likeness (QED) is 0.199. The Labute approximate surface area is 297 Å². The number of fused-ring (bicyclic) bond motifs is 8. The first-order chi connectivity index (χ1) is 23.9. The lowest BCUT2D eigenvalue weighted by Crippen LogP contribution is -2.30. The minimum absolute atomic E-state index is 0.0160. The molecule has 2 aromatic carbocycles. The van der Waals surface area contributed by atoms with Crippen molar-refractivity contribution in [2.75, 3.05) is 11.5 Å². The zero-order valence-corrected chi connectivity index (χ0v) is 30.8. The highest BCUT2D eigenvalue weighted by molar-refractivity contribution is 7.91. The lowest BCUT2D eigenvalue weighted by atomic mass is 9.74. The number of nitrogens with one attached hydrogen (secondary N) is 1. The van der Waals surface area contributed by atoms with Gasteiger partial charge in [-0.2, -0.15) is 5.10 Å². The Kier molecular flexibility index (Phi) is 9.45. The second kappa shape index (κ2) is 13.3. The van der Waals surface area contributed by atoms with Gasteiger partial charge in [-0.3, -0.25) is 9.78 Å². The minimum Gasteiger partial charge on any atom is -0.481 e. The number of carbonyl (C=O) groups is 1. The third-order valence-electron chi connectivity index (χ3n) is 10.4. The van der Waals surface area contributed by atoms with Crippen LogP contribution in [0.4, 0.5) is 8.78 Å². The minimum atomic E-state index is -3.60. The average Bonchev–Trinajstić information content (AvgIpc) is 3.70. The number of benzene rings is 2. The van der Waals surface area contributed by atoms with Crippen LogP contribution in [0.25, 0.3) is 22.4 Å². The van der Waals surface area contributed by atoms with Crippen molar-refractivity contribution in [2.45, 2.75) is 78.6 Å². The number of sulfone groups is 1. The van der Waals surface area contributed by atoms with E-state index in [1.54, 1.807) is 50.0 Å². The molecule has 51 heavy (non-hydrogen) atoms. The van der Waals surface area contributed by atoms with Gasteiger partial charge < -0.3 is 10.1 Å². The standard InChI is InChI=1S/C39H45F2N5O4S/c1-37(2)14-8-15-39(5,26-10-7-9-25(19-26)22-38(3,4)36(47)48)35-44-34(46(6)45-35)30-21-24(11-16-42-30)20-29-27(13-18-51(49,50)23-37)28-12-17-43-33(28)32(41)31(29)40/h7,9-12,16-17,19,21,43H,8,13-15,18,20,22-23H2,1-6H3,(H,47,48)/t39-/m1/s1. The van der Waals surface area contributed by atoms with Crippen LogP contribution in [0.1, 0.15) is 87.5 Å². The molecule has 6 rings (SSSR count). The Morgan fingerprint density at radius 3 is 2.57 bits per heavy atom. The normalized spacial score (nSPS) is 19.6. The smallest absolute Gasteiger partial charge is 0.309 e. The molecule has 4 heterocycles. The van der Waals surface area contributed by atoms with Crippen LogP contribution in [-0.2, 0) is 46.4 Å². The second-order valence-electron chi connectivity index (χ2n) is 15.7. The molecular weight excluding hydrogens is 673 g/mol. The summed E-state index contributed by atoms with van der Waals surface area (Å²) in [6.07, 6.45) is 5.37. The number of aromatic amines is 1. The molecule has 0 fully saturated rings. The molecule has 12 heteroatoms. The molecule has 1 atom stereocenters. The maximum Gasteiger partial charge on any atom is 0.309 e. The lowest BCUT2D eigenvalue weighted by molar-refractivity contribution is -0.146. The van der Waals surface area contributed by atoms with E-state index in [2.05, 4.69) is 16.9 Å². The number of halogens is 2. The monoisotopic (exact) mass is 717 g/mol. The molecule has 0 spiro atoms. The molecule has 9 nitrogen and oxygen atoms in total. The number of nitrogens with zero attached hydrogens (tertiary/aromatic N) is 4. The van der Waals surface area contributed by atoms with Crippen molar-refractivity contribution >= 4 is 26.7 Å². The van der Waals surface area contributed by atoms with Crippen molar-refractivity contribution in [1.29, 1.82) is 0 Å². The predicted octanol–water partition coefficient (Wildman–Crippen LogP) is 7.35. The largest absolute Gasteiger partial charge is 0.481 e. The number of carboxylic acid groups (broad SMARTS) is 1. The SMILES string of the molecule is Cn1nc2nc1-c1cc(ccn1)Cc1c(F)c(F)c3[nH]ccc3c1CCS(=O)(=O)CC(C)(C)CCC[C@]2(C)c1cccc(CC(C)(C)C(=O)O)c1. The van der Waals surface area contributed by atoms with E-state index in [-0.39, 0.29) is 35.4 Å². The second-order valence-corrected chi connectivity index (χ2v) is 17.9. The van der Waals surface area contributed by atoms with Crippen LogP contribution >= 0.6 is 0 Å². The zero-order valence-electron chi connectivity index (χ0n) is 30.0. The molecule has 0 saturated heterocycles. The highest BCUT2D eigenvalue weighted by atomic mass is 32.2. The van der Waals surface area contributed by atoms with Gasteiger partial charge in [0.2, 0.25) is 0 Å². The fraction of sp³-hybridized carbons (Fsp3) is 0.436. The Balaban J connectivity index is 1.49. The van der Waals surface area contributed by atoms with Crippen molar-refractivity contribution in [3.05, 3.63) is 100 Å². The maximum absolute atomic E-state index is 15.8. The van der Waals surface area contributed by atoms with Gasteiger partial charge in [0.25, 0.3) is 0 Å². The summed E-state index contributed by atoms with van der Waals surface area (Å²) in [7, 11) is -1.82. The fourth-order valence-electron chi connectivity index (χ4n) is 7.47. The highest BCUT2D eigenvalue weighted by Gasteiger charge is 2.37. The number of hydrogen-bond acceptors (Lipinski definition) is 6. The maximum atomic E-state index is 15.8. The van der Waals surface area contributed by atoms with E-state index in [4.69, 9.17) is 10.1 Å². The fourth-order valence-corrected chi connectivity index (χ4v) is 9.47. The number of H-pyrrole nitrogens is 1. The lowest BCUT2D eigenvalue weighted by Gasteiger charge is -2.31. The van der Waals surface area contributed by atoms with Gasteiger partial charge in [0, 0.05) is 31.2 Å². The molecule has 0 saturated carbocycles.